The van der Waals surface area contributed by atoms with E-state index in [1.165, 1.54) is 6.42 Å². The first-order valence-electron chi connectivity index (χ1n) is 18.0. The molecular weight excluding hydrogens is 488 g/mol. The molecule has 2 nitrogen and oxygen atoms in total. The van der Waals surface area contributed by atoms with Crippen LogP contribution in [0.2, 0.25) is 0 Å². The lowest BCUT2D eigenvalue weighted by Gasteiger charge is -2.44. The van der Waals surface area contributed by atoms with E-state index in [4.69, 9.17) is 9.47 Å². The second kappa shape index (κ2) is 13.3. The largest absolute Gasteiger partial charge is 0.348 e. The molecule has 234 valence electrons. The van der Waals surface area contributed by atoms with E-state index >= 15 is 0 Å². The van der Waals surface area contributed by atoms with Gasteiger partial charge in [-0.2, -0.15) is 0 Å². The van der Waals surface area contributed by atoms with Gasteiger partial charge in [0.25, 0.3) is 0 Å². The Morgan fingerprint density at radius 2 is 0.875 bits per heavy atom. The molecule has 0 amide bonds. The van der Waals surface area contributed by atoms with Gasteiger partial charge in [-0.15, -0.1) is 0 Å². The lowest BCUT2D eigenvalue weighted by molar-refractivity contribution is -0.201. The fourth-order valence-corrected chi connectivity index (χ4v) is 10.6. The summed E-state index contributed by atoms with van der Waals surface area (Å²) >= 11 is 0. The van der Waals surface area contributed by atoms with Crippen LogP contribution < -0.4 is 0 Å². The number of rotatable bonds is 6. The molecule has 0 aromatic carbocycles. The first kappa shape index (κ1) is 32.8. The van der Waals surface area contributed by atoms with Crippen LogP contribution in [0.4, 0.5) is 0 Å². The summed E-state index contributed by atoms with van der Waals surface area (Å²) in [5.74, 6) is 15.4. The summed E-state index contributed by atoms with van der Waals surface area (Å²) in [5, 5.41) is 0. The predicted molar refractivity (Wildman–Crippen MR) is 171 cm³/mol. The summed E-state index contributed by atoms with van der Waals surface area (Å²) in [5.41, 5.74) is 0. The van der Waals surface area contributed by atoms with Gasteiger partial charge in [-0.05, 0) is 127 Å². The molecule has 0 aromatic heterocycles. The first-order chi connectivity index (χ1) is 18.8. The van der Waals surface area contributed by atoms with Gasteiger partial charge in [0.2, 0.25) is 0 Å². The summed E-state index contributed by atoms with van der Waals surface area (Å²) in [6.45, 7) is 30.3. The lowest BCUT2D eigenvalue weighted by atomic mass is 9.67. The fraction of sp³-hybridized carbons (Fsp3) is 1.00. The minimum atomic E-state index is -0.208. The van der Waals surface area contributed by atoms with E-state index in [0.29, 0.717) is 0 Å². The summed E-state index contributed by atoms with van der Waals surface area (Å²) in [6.07, 6.45) is 9.68. The average molecular weight is 559 g/mol. The molecule has 1 aliphatic heterocycles. The Bertz CT molecular complexity index is 734. The van der Waals surface area contributed by atoms with Gasteiger partial charge in [0.1, 0.15) is 0 Å². The quantitative estimate of drug-likeness (QED) is 0.323. The molecule has 0 aromatic rings. The Balaban J connectivity index is 0.000000141. The molecular formula is C38H70O2. The summed E-state index contributed by atoms with van der Waals surface area (Å²) in [7, 11) is 0. The van der Waals surface area contributed by atoms with Crippen LogP contribution in [-0.2, 0) is 9.47 Å². The van der Waals surface area contributed by atoms with Gasteiger partial charge >= 0.3 is 0 Å². The number of ether oxygens (including phenoxy) is 2. The third-order valence-corrected chi connectivity index (χ3v) is 12.8. The van der Waals surface area contributed by atoms with Crippen molar-refractivity contribution in [3.05, 3.63) is 0 Å². The Morgan fingerprint density at radius 1 is 0.475 bits per heavy atom. The average Bonchev–Trinajstić information content (AvgIpc) is 3.65. The van der Waals surface area contributed by atoms with Gasteiger partial charge in [-0.25, -0.2) is 0 Å². The van der Waals surface area contributed by atoms with Crippen molar-refractivity contribution in [1.29, 1.82) is 0 Å². The van der Waals surface area contributed by atoms with E-state index in [1.54, 1.807) is 25.7 Å². The Labute approximate surface area is 250 Å². The van der Waals surface area contributed by atoms with E-state index < -0.39 is 0 Å². The van der Waals surface area contributed by atoms with E-state index in [9.17, 15) is 0 Å². The van der Waals surface area contributed by atoms with Crippen LogP contribution in [0, 0.1) is 94.7 Å². The van der Waals surface area contributed by atoms with Gasteiger partial charge in [-0.3, -0.25) is 0 Å². The van der Waals surface area contributed by atoms with Gasteiger partial charge < -0.3 is 9.47 Å². The van der Waals surface area contributed by atoms with Crippen LogP contribution in [0.15, 0.2) is 0 Å². The van der Waals surface area contributed by atoms with Crippen molar-refractivity contribution < 1.29 is 9.47 Å². The molecule has 5 saturated carbocycles. The fourth-order valence-electron chi connectivity index (χ4n) is 10.6. The van der Waals surface area contributed by atoms with Crippen molar-refractivity contribution in [3.8, 4) is 0 Å². The van der Waals surface area contributed by atoms with E-state index in [0.717, 1.165) is 121 Å². The number of fused-ring (bicyclic) bond motifs is 2. The normalized spacial score (nSPS) is 41.0. The zero-order valence-corrected chi connectivity index (χ0v) is 28.9. The molecule has 1 heterocycles. The minimum absolute atomic E-state index is 0.208. The number of hydrogen-bond donors (Lipinski definition) is 0. The molecule has 1 saturated heterocycles. The van der Waals surface area contributed by atoms with Crippen molar-refractivity contribution in [2.24, 2.45) is 94.7 Å². The van der Waals surface area contributed by atoms with E-state index in [-0.39, 0.29) is 5.79 Å². The highest BCUT2D eigenvalue weighted by Gasteiger charge is 2.55. The van der Waals surface area contributed by atoms with Crippen LogP contribution in [-0.4, -0.2) is 19.0 Å². The third kappa shape index (κ3) is 7.34. The monoisotopic (exact) mass is 559 g/mol. The van der Waals surface area contributed by atoms with Crippen LogP contribution in [0.1, 0.15) is 128 Å². The lowest BCUT2D eigenvalue weighted by Crippen LogP contribution is -2.43. The Kier molecular flexibility index (Phi) is 10.9. The van der Waals surface area contributed by atoms with Gasteiger partial charge in [0.15, 0.2) is 5.79 Å². The highest BCUT2D eigenvalue weighted by molar-refractivity contribution is 5.04. The minimum Gasteiger partial charge on any atom is -0.348 e. The van der Waals surface area contributed by atoms with Crippen molar-refractivity contribution in [2.45, 2.75) is 134 Å². The molecule has 2 heteroatoms. The summed E-state index contributed by atoms with van der Waals surface area (Å²) in [6, 6.07) is 0. The van der Waals surface area contributed by atoms with Gasteiger partial charge in [0.05, 0.1) is 13.2 Å². The predicted octanol–water partition coefficient (Wildman–Crippen LogP) is 10.6. The molecule has 6 fully saturated rings. The molecule has 10 atom stereocenters. The Morgan fingerprint density at radius 3 is 1.20 bits per heavy atom. The van der Waals surface area contributed by atoms with Crippen molar-refractivity contribution in [2.75, 3.05) is 13.2 Å². The summed E-state index contributed by atoms with van der Waals surface area (Å²) in [4.78, 5) is 0. The zero-order chi connectivity index (χ0) is 29.5. The molecule has 40 heavy (non-hydrogen) atoms. The van der Waals surface area contributed by atoms with Crippen molar-refractivity contribution >= 4 is 0 Å². The topological polar surface area (TPSA) is 18.5 Å². The second-order valence-electron chi connectivity index (χ2n) is 17.4. The maximum atomic E-state index is 5.87. The van der Waals surface area contributed by atoms with E-state index in [2.05, 4.69) is 83.1 Å². The molecule has 0 unspecified atom stereocenters. The molecule has 1 spiro atoms. The molecule has 6 rings (SSSR count). The van der Waals surface area contributed by atoms with Crippen LogP contribution >= 0.6 is 0 Å². The second-order valence-corrected chi connectivity index (χ2v) is 17.4. The standard InChI is InChI=1S/C14H26O2.2C12H22/c1-10(2)12-5-6-14(15-7-8-16-14)9-13(12)11(3)4;2*1-7(2)10-5-9-6-11(9)12(10)8(3)4/h10-13H,5-9H2,1-4H3;2*7-12H,5-6H2,1-4H3/t12-,13+;2*9-,10-,11+,12+/m110/s1. The number of hydrogen-bond acceptors (Lipinski definition) is 2. The molecule has 6 aliphatic rings. The molecule has 0 bridgehead atoms. The molecule has 5 aliphatic carbocycles. The van der Waals surface area contributed by atoms with Gasteiger partial charge in [-0.1, -0.05) is 83.1 Å². The first-order valence-corrected chi connectivity index (χ1v) is 18.0. The highest BCUT2D eigenvalue weighted by Crippen LogP contribution is 2.62. The maximum absolute atomic E-state index is 5.87. The molecule has 0 N–H and O–H groups in total. The van der Waals surface area contributed by atoms with Crippen LogP contribution in [0.5, 0.6) is 0 Å². The van der Waals surface area contributed by atoms with Gasteiger partial charge in [0, 0.05) is 12.8 Å². The van der Waals surface area contributed by atoms with E-state index in [1.807, 2.05) is 0 Å². The van der Waals surface area contributed by atoms with Crippen molar-refractivity contribution in [3.63, 3.8) is 0 Å². The maximum Gasteiger partial charge on any atom is 0.168 e. The third-order valence-electron chi connectivity index (χ3n) is 12.8. The highest BCUT2D eigenvalue weighted by atomic mass is 16.7. The smallest absolute Gasteiger partial charge is 0.168 e. The summed E-state index contributed by atoms with van der Waals surface area (Å²) < 4.78 is 11.7. The SMILES string of the molecule is CC(C)[C@@H]1[C@H]2C[C@H]2C[C@@H]1C(C)C.CC(C)[C@H]1CCC2(C[C@H]1C(C)C)OCCO2.CC(C)[C@H]1[C@@H]2C[C@@H]2C[C@H]1C(C)C. The molecule has 0 radical (unpaired) electrons. The Hall–Kier alpha value is -0.0800. The van der Waals surface area contributed by atoms with Crippen molar-refractivity contribution in [1.82, 2.24) is 0 Å². The van der Waals surface area contributed by atoms with Crippen LogP contribution in [0.25, 0.3) is 0 Å². The van der Waals surface area contributed by atoms with Crippen LogP contribution in [0.3, 0.4) is 0 Å². The zero-order valence-electron chi connectivity index (χ0n) is 28.9.